The highest BCUT2D eigenvalue weighted by atomic mass is 35.5. The number of fused-ring (bicyclic) bond motifs is 1. The van der Waals surface area contributed by atoms with E-state index in [1.165, 1.54) is 0 Å². The molecule has 0 aliphatic carbocycles. The third-order valence-corrected chi connectivity index (χ3v) is 3.06. The van der Waals surface area contributed by atoms with Gasteiger partial charge in [-0.25, -0.2) is 0 Å². The van der Waals surface area contributed by atoms with Crippen LogP contribution in [0, 0.1) is 0 Å². The van der Waals surface area contributed by atoms with E-state index in [9.17, 15) is 4.79 Å². The van der Waals surface area contributed by atoms with Crippen molar-refractivity contribution in [3.05, 3.63) is 40.5 Å². The van der Waals surface area contributed by atoms with E-state index in [0.29, 0.717) is 10.6 Å². The van der Waals surface area contributed by atoms with Crippen LogP contribution in [0.2, 0.25) is 5.02 Å². The second kappa shape index (κ2) is 4.11. The molecule has 2 aromatic rings. The van der Waals surface area contributed by atoms with E-state index in [1.54, 1.807) is 6.20 Å². The molecule has 0 aliphatic rings. The van der Waals surface area contributed by atoms with E-state index in [0.717, 1.165) is 22.8 Å². The zero-order chi connectivity index (χ0) is 12.6. The molecule has 1 heterocycles. The summed E-state index contributed by atoms with van der Waals surface area (Å²) in [5, 5.41) is 1.57. The lowest BCUT2D eigenvalue weighted by Gasteiger charge is -2.23. The summed E-state index contributed by atoms with van der Waals surface area (Å²) in [5.41, 5.74) is 2.26. The fraction of sp³-hybridized carbons (Fsp3) is 0.286. The quantitative estimate of drug-likeness (QED) is 0.713. The van der Waals surface area contributed by atoms with Gasteiger partial charge in [0.15, 0.2) is 6.29 Å². The monoisotopic (exact) mass is 247 g/mol. The molecular weight excluding hydrogens is 234 g/mol. The fourth-order valence-electron chi connectivity index (χ4n) is 2.13. The van der Waals surface area contributed by atoms with Crippen LogP contribution < -0.4 is 0 Å². The Bertz CT molecular complexity index is 585. The van der Waals surface area contributed by atoms with Gasteiger partial charge in [0, 0.05) is 17.1 Å². The lowest BCUT2D eigenvalue weighted by Crippen LogP contribution is -2.15. The predicted octanol–water partition coefficient (Wildman–Crippen LogP) is 4.00. The van der Waals surface area contributed by atoms with Crippen LogP contribution in [0.5, 0.6) is 0 Å². The highest BCUT2D eigenvalue weighted by Crippen LogP contribution is 2.33. The minimum Gasteiger partial charge on any atom is -0.298 e. The average Bonchev–Trinajstić information content (AvgIpc) is 2.26. The third-order valence-electron chi connectivity index (χ3n) is 2.75. The first-order valence-corrected chi connectivity index (χ1v) is 5.86. The molecule has 1 aromatic heterocycles. The lowest BCUT2D eigenvalue weighted by atomic mass is 9.82. The van der Waals surface area contributed by atoms with Crippen molar-refractivity contribution < 1.29 is 4.79 Å². The second-order valence-electron chi connectivity index (χ2n) is 5.09. The normalized spacial score (nSPS) is 11.8. The van der Waals surface area contributed by atoms with E-state index >= 15 is 0 Å². The first-order chi connectivity index (χ1) is 7.95. The minimum atomic E-state index is -0.123. The maximum absolute atomic E-state index is 11.1. The number of benzene rings is 1. The van der Waals surface area contributed by atoms with Crippen molar-refractivity contribution >= 4 is 28.8 Å². The van der Waals surface area contributed by atoms with E-state index < -0.39 is 0 Å². The number of nitrogens with zero attached hydrogens (tertiary/aromatic N) is 1. The third kappa shape index (κ3) is 2.05. The van der Waals surface area contributed by atoms with Gasteiger partial charge in [0.25, 0.3) is 0 Å². The summed E-state index contributed by atoms with van der Waals surface area (Å²) in [6.07, 6.45) is 2.45. The first-order valence-electron chi connectivity index (χ1n) is 5.48. The molecule has 0 atom stereocenters. The van der Waals surface area contributed by atoms with E-state index in [1.807, 2.05) is 18.2 Å². The second-order valence-corrected chi connectivity index (χ2v) is 5.50. The van der Waals surface area contributed by atoms with Crippen molar-refractivity contribution in [3.63, 3.8) is 0 Å². The maximum atomic E-state index is 11.1. The van der Waals surface area contributed by atoms with Crippen molar-refractivity contribution in [1.82, 2.24) is 4.98 Å². The van der Waals surface area contributed by atoms with Crippen LogP contribution in [0.1, 0.15) is 36.7 Å². The smallest absolute Gasteiger partial charge is 0.151 e. The lowest BCUT2D eigenvalue weighted by molar-refractivity contribution is 0.112. The Hall–Kier alpha value is -1.41. The molecule has 0 unspecified atom stereocenters. The summed E-state index contributed by atoms with van der Waals surface area (Å²) >= 11 is 6.12. The molecule has 0 saturated heterocycles. The van der Waals surface area contributed by atoms with Gasteiger partial charge >= 0.3 is 0 Å². The molecule has 0 bridgehead atoms. The minimum absolute atomic E-state index is 0.123. The molecule has 2 nitrogen and oxygen atoms in total. The number of carbonyl (C=O) groups excluding carboxylic acids is 1. The molecule has 0 fully saturated rings. The number of rotatable bonds is 1. The summed E-state index contributed by atoms with van der Waals surface area (Å²) in [4.78, 5) is 15.4. The molecule has 88 valence electrons. The van der Waals surface area contributed by atoms with Gasteiger partial charge in [-0.2, -0.15) is 0 Å². The molecule has 17 heavy (non-hydrogen) atoms. The van der Waals surface area contributed by atoms with Crippen LogP contribution in [0.3, 0.4) is 0 Å². The number of pyridine rings is 1. The van der Waals surface area contributed by atoms with Gasteiger partial charge in [0.1, 0.15) is 0 Å². The molecule has 1 aromatic carbocycles. The number of para-hydroxylation sites is 1. The van der Waals surface area contributed by atoms with Crippen LogP contribution in [-0.4, -0.2) is 11.3 Å². The topological polar surface area (TPSA) is 30.0 Å². The summed E-state index contributed by atoms with van der Waals surface area (Å²) in [6.45, 7) is 6.24. The molecule has 0 radical (unpaired) electrons. The average molecular weight is 248 g/mol. The molecule has 2 rings (SSSR count). The van der Waals surface area contributed by atoms with E-state index in [4.69, 9.17) is 11.6 Å². The largest absolute Gasteiger partial charge is 0.298 e. The van der Waals surface area contributed by atoms with Crippen molar-refractivity contribution in [3.8, 4) is 0 Å². The number of hydrogen-bond acceptors (Lipinski definition) is 2. The Morgan fingerprint density at radius 2 is 2.00 bits per heavy atom. The summed E-state index contributed by atoms with van der Waals surface area (Å²) < 4.78 is 0. The fourth-order valence-corrected chi connectivity index (χ4v) is 2.35. The Morgan fingerprint density at radius 1 is 1.29 bits per heavy atom. The standard InChI is InChI=1S/C14H14ClNO/c1-14(2,3)12-9(8-17)7-16-13-10(12)5-4-6-11(13)15/h4-8H,1-3H3. The SMILES string of the molecule is CC(C)(C)c1c(C=O)cnc2c(Cl)cccc12. The molecule has 0 saturated carbocycles. The molecule has 0 amide bonds. The van der Waals surface area contributed by atoms with Crippen LogP contribution in [-0.2, 0) is 5.41 Å². The highest BCUT2D eigenvalue weighted by molar-refractivity contribution is 6.35. The first kappa shape index (κ1) is 12.1. The van der Waals surface area contributed by atoms with Gasteiger partial charge in [-0.3, -0.25) is 9.78 Å². The number of aldehydes is 1. The van der Waals surface area contributed by atoms with Gasteiger partial charge < -0.3 is 0 Å². The Morgan fingerprint density at radius 3 is 2.59 bits per heavy atom. The molecule has 0 N–H and O–H groups in total. The summed E-state index contributed by atoms with van der Waals surface area (Å²) in [7, 11) is 0. The zero-order valence-electron chi connectivity index (χ0n) is 10.1. The zero-order valence-corrected chi connectivity index (χ0v) is 10.9. The van der Waals surface area contributed by atoms with Crippen molar-refractivity contribution in [2.24, 2.45) is 0 Å². The van der Waals surface area contributed by atoms with Crippen LogP contribution >= 0.6 is 11.6 Å². The number of aromatic nitrogens is 1. The summed E-state index contributed by atoms with van der Waals surface area (Å²) in [6, 6.07) is 5.65. The highest BCUT2D eigenvalue weighted by Gasteiger charge is 2.21. The van der Waals surface area contributed by atoms with Crippen molar-refractivity contribution in [2.45, 2.75) is 26.2 Å². The number of carbonyl (C=O) groups is 1. The van der Waals surface area contributed by atoms with Crippen LogP contribution in [0.25, 0.3) is 10.9 Å². The van der Waals surface area contributed by atoms with Crippen LogP contribution in [0.4, 0.5) is 0 Å². The van der Waals surface area contributed by atoms with Crippen molar-refractivity contribution in [1.29, 1.82) is 0 Å². The van der Waals surface area contributed by atoms with Gasteiger partial charge in [-0.05, 0) is 17.0 Å². The Kier molecular flexibility index (Phi) is 2.92. The van der Waals surface area contributed by atoms with Crippen molar-refractivity contribution in [2.75, 3.05) is 0 Å². The van der Waals surface area contributed by atoms with Gasteiger partial charge in [-0.1, -0.05) is 44.5 Å². The Labute approximate surface area is 106 Å². The molecule has 3 heteroatoms. The van der Waals surface area contributed by atoms with Gasteiger partial charge in [0.2, 0.25) is 0 Å². The van der Waals surface area contributed by atoms with E-state index in [2.05, 4.69) is 25.8 Å². The van der Waals surface area contributed by atoms with Gasteiger partial charge in [0.05, 0.1) is 10.5 Å². The number of hydrogen-bond donors (Lipinski definition) is 0. The molecule has 0 spiro atoms. The van der Waals surface area contributed by atoms with Gasteiger partial charge in [-0.15, -0.1) is 0 Å². The maximum Gasteiger partial charge on any atom is 0.151 e. The van der Waals surface area contributed by atoms with Crippen LogP contribution in [0.15, 0.2) is 24.4 Å². The Balaban J connectivity index is 2.94. The predicted molar refractivity (Wildman–Crippen MR) is 70.8 cm³/mol. The summed E-state index contributed by atoms with van der Waals surface area (Å²) in [5.74, 6) is 0. The molecule has 0 aliphatic heterocycles. The van der Waals surface area contributed by atoms with E-state index in [-0.39, 0.29) is 5.41 Å². The molecular formula is C14H14ClNO. The number of halogens is 1.